The van der Waals surface area contributed by atoms with Crippen molar-refractivity contribution in [3.63, 3.8) is 0 Å². The molecule has 2 atom stereocenters. The van der Waals surface area contributed by atoms with E-state index < -0.39 is 16.9 Å². The number of hydrogen-bond acceptors (Lipinski definition) is 6. The number of hydrogen-bond donors (Lipinski definition) is 1. The Kier molecular flexibility index (Phi) is 12.8. The number of nitrogens with zero attached hydrogens (tertiary/aromatic N) is 1. The third kappa shape index (κ3) is 11.4. The van der Waals surface area contributed by atoms with Gasteiger partial charge in [0.05, 0.1) is 6.10 Å². The molecule has 0 aliphatic heterocycles. The van der Waals surface area contributed by atoms with Crippen LogP contribution in [0.25, 0.3) is 0 Å². The maximum Gasteiger partial charge on any atom is 0.313 e. The summed E-state index contributed by atoms with van der Waals surface area (Å²) in [6, 6.07) is -1.17. The van der Waals surface area contributed by atoms with Crippen LogP contribution in [0.15, 0.2) is 23.8 Å². The minimum absolute atomic E-state index is 0.0157. The van der Waals surface area contributed by atoms with E-state index in [4.69, 9.17) is 9.47 Å². The van der Waals surface area contributed by atoms with Gasteiger partial charge in [0, 0.05) is 18.1 Å². The van der Waals surface area contributed by atoms with Crippen LogP contribution >= 0.6 is 0 Å². The van der Waals surface area contributed by atoms with Gasteiger partial charge in [0.25, 0.3) is 0 Å². The molecule has 1 amide bonds. The van der Waals surface area contributed by atoms with E-state index >= 15 is 0 Å². The van der Waals surface area contributed by atoms with E-state index in [1.165, 1.54) is 6.08 Å². The Morgan fingerprint density at radius 2 is 2.00 bits per heavy atom. The molecule has 0 fully saturated rings. The minimum Gasteiger partial charge on any atom is -0.462 e. The molecule has 0 bridgehead atoms. The Hall–Kier alpha value is -2.22. The monoisotopic (exact) mass is 370 g/mol. The van der Waals surface area contributed by atoms with Gasteiger partial charge in [-0.2, -0.15) is 0 Å². The number of esters is 1. The number of nitrogens with one attached hydrogen (secondary N) is 1. The zero-order chi connectivity index (χ0) is 19.9. The molecule has 1 unspecified atom stereocenters. The van der Waals surface area contributed by atoms with Gasteiger partial charge in [-0.25, -0.2) is 0 Å². The van der Waals surface area contributed by atoms with Crippen molar-refractivity contribution in [2.75, 3.05) is 19.8 Å². The molecule has 0 aliphatic rings. The first-order chi connectivity index (χ1) is 12.3. The van der Waals surface area contributed by atoms with E-state index in [2.05, 4.69) is 5.32 Å². The van der Waals surface area contributed by atoms with Crippen LogP contribution in [-0.2, 0) is 19.1 Å². The number of carbonyl (C=O) groups is 2. The summed E-state index contributed by atoms with van der Waals surface area (Å²) in [5.41, 5.74) is 0.669. The standard InChI is InChI=1S/C18H30N2O6/c1-5-8-15(9-10-19-17(21)13-25-7-3)11-16(20(23)24)12-18(22)26-14(4)6-2/h5,8,11,14,16H,6-7,9-10,12-13H2,1-4H3,(H,19,21)/b8-5-,15-11+/t14?,16-/m1/s1. The third-order valence-corrected chi connectivity index (χ3v) is 3.51. The maximum atomic E-state index is 11.8. The summed E-state index contributed by atoms with van der Waals surface area (Å²) in [4.78, 5) is 34.1. The van der Waals surface area contributed by atoms with Gasteiger partial charge < -0.3 is 14.8 Å². The number of ether oxygens (including phenoxy) is 2. The average molecular weight is 370 g/mol. The van der Waals surface area contributed by atoms with Crippen LogP contribution < -0.4 is 5.32 Å². The molecule has 0 rings (SSSR count). The summed E-state index contributed by atoms with van der Waals surface area (Å²) in [5, 5.41) is 14.0. The highest BCUT2D eigenvalue weighted by atomic mass is 16.6. The summed E-state index contributed by atoms with van der Waals surface area (Å²) in [6.07, 6.45) is 5.38. The maximum absolute atomic E-state index is 11.8. The fourth-order valence-electron chi connectivity index (χ4n) is 2.00. The van der Waals surface area contributed by atoms with Crippen LogP contribution in [-0.4, -0.2) is 48.7 Å². The Morgan fingerprint density at radius 1 is 1.31 bits per heavy atom. The first-order valence-electron chi connectivity index (χ1n) is 8.84. The zero-order valence-electron chi connectivity index (χ0n) is 16.0. The van der Waals surface area contributed by atoms with Gasteiger partial charge in [-0.15, -0.1) is 0 Å². The summed E-state index contributed by atoms with van der Waals surface area (Å²) in [6.45, 7) is 7.96. The van der Waals surface area contributed by atoms with Crippen molar-refractivity contribution in [1.82, 2.24) is 5.32 Å². The Labute approximate surface area is 154 Å². The predicted molar refractivity (Wildman–Crippen MR) is 98.3 cm³/mol. The average Bonchev–Trinajstić information content (AvgIpc) is 2.58. The lowest BCUT2D eigenvalue weighted by molar-refractivity contribution is -0.508. The van der Waals surface area contributed by atoms with Crippen molar-refractivity contribution in [3.05, 3.63) is 33.9 Å². The molecule has 26 heavy (non-hydrogen) atoms. The molecule has 0 aliphatic carbocycles. The molecule has 148 valence electrons. The summed E-state index contributed by atoms with van der Waals surface area (Å²) in [5.74, 6) is -0.836. The Morgan fingerprint density at radius 3 is 2.54 bits per heavy atom. The number of rotatable bonds is 13. The lowest BCUT2D eigenvalue weighted by Crippen LogP contribution is -2.29. The van der Waals surface area contributed by atoms with Crippen LogP contribution in [0.3, 0.4) is 0 Å². The predicted octanol–water partition coefficient (Wildman–Crippen LogP) is 2.41. The van der Waals surface area contributed by atoms with Gasteiger partial charge in [0.15, 0.2) is 0 Å². The molecule has 8 heteroatoms. The molecular weight excluding hydrogens is 340 g/mol. The molecule has 0 saturated carbocycles. The van der Waals surface area contributed by atoms with E-state index in [-0.39, 0.29) is 25.0 Å². The first kappa shape index (κ1) is 23.8. The van der Waals surface area contributed by atoms with E-state index in [9.17, 15) is 19.7 Å². The van der Waals surface area contributed by atoms with Crippen molar-refractivity contribution in [2.45, 2.75) is 59.1 Å². The van der Waals surface area contributed by atoms with Crippen molar-refractivity contribution < 1.29 is 24.0 Å². The highest BCUT2D eigenvalue weighted by Crippen LogP contribution is 2.11. The molecule has 0 aromatic rings. The van der Waals surface area contributed by atoms with Crippen LogP contribution in [0.5, 0.6) is 0 Å². The number of amides is 1. The SMILES string of the molecule is C/C=C\C(=C/[C@H](CC(=O)OC(C)CC)[N+](=O)[O-])CCNC(=O)COCC. The molecule has 0 aromatic heterocycles. The largest absolute Gasteiger partial charge is 0.462 e. The lowest BCUT2D eigenvalue weighted by atomic mass is 10.1. The van der Waals surface area contributed by atoms with Gasteiger partial charge in [-0.1, -0.05) is 19.1 Å². The number of allylic oxidation sites excluding steroid dienone is 2. The van der Waals surface area contributed by atoms with E-state index in [0.717, 1.165) is 0 Å². The molecule has 0 spiro atoms. The third-order valence-electron chi connectivity index (χ3n) is 3.51. The quantitative estimate of drug-likeness (QED) is 0.231. The molecule has 0 radical (unpaired) electrons. The summed E-state index contributed by atoms with van der Waals surface area (Å²) in [7, 11) is 0. The van der Waals surface area contributed by atoms with Crippen molar-refractivity contribution >= 4 is 11.9 Å². The topological polar surface area (TPSA) is 108 Å². The normalized spacial score (nSPS) is 14.1. The molecule has 0 heterocycles. The van der Waals surface area contributed by atoms with E-state index in [1.807, 2.05) is 6.92 Å². The Bertz CT molecular complexity index is 516. The second kappa shape index (κ2) is 14.0. The highest BCUT2D eigenvalue weighted by molar-refractivity contribution is 5.77. The van der Waals surface area contributed by atoms with Gasteiger partial charge >= 0.3 is 5.97 Å². The fraction of sp³-hybridized carbons (Fsp3) is 0.667. The first-order valence-corrected chi connectivity index (χ1v) is 8.84. The molecular formula is C18H30N2O6. The van der Waals surface area contributed by atoms with Gasteiger partial charge in [0.2, 0.25) is 11.9 Å². The Balaban J connectivity index is 4.81. The molecule has 1 N–H and O–H groups in total. The summed E-state index contributed by atoms with van der Waals surface area (Å²) >= 11 is 0. The molecule has 8 nitrogen and oxygen atoms in total. The fourth-order valence-corrected chi connectivity index (χ4v) is 2.00. The van der Waals surface area contributed by atoms with Crippen LogP contribution in [0.2, 0.25) is 0 Å². The van der Waals surface area contributed by atoms with Crippen LogP contribution in [0, 0.1) is 10.1 Å². The smallest absolute Gasteiger partial charge is 0.313 e. The second-order valence-corrected chi connectivity index (χ2v) is 5.74. The molecule has 0 saturated heterocycles. The lowest BCUT2D eigenvalue weighted by Gasteiger charge is -2.12. The number of carbonyl (C=O) groups excluding carboxylic acids is 2. The highest BCUT2D eigenvalue weighted by Gasteiger charge is 2.24. The van der Waals surface area contributed by atoms with Gasteiger partial charge in [-0.3, -0.25) is 19.7 Å². The van der Waals surface area contributed by atoms with Crippen molar-refractivity contribution in [3.8, 4) is 0 Å². The van der Waals surface area contributed by atoms with Crippen LogP contribution in [0.4, 0.5) is 0 Å². The molecule has 0 aromatic carbocycles. The van der Waals surface area contributed by atoms with Crippen molar-refractivity contribution in [2.24, 2.45) is 0 Å². The van der Waals surface area contributed by atoms with E-state index in [1.54, 1.807) is 32.9 Å². The van der Waals surface area contributed by atoms with Crippen molar-refractivity contribution in [1.29, 1.82) is 0 Å². The van der Waals surface area contributed by atoms with E-state index in [0.29, 0.717) is 31.6 Å². The zero-order valence-corrected chi connectivity index (χ0v) is 16.0. The van der Waals surface area contributed by atoms with Gasteiger partial charge in [0.1, 0.15) is 13.0 Å². The van der Waals surface area contributed by atoms with Crippen LogP contribution in [0.1, 0.15) is 47.0 Å². The summed E-state index contributed by atoms with van der Waals surface area (Å²) < 4.78 is 10.1. The minimum atomic E-state index is -1.17. The second-order valence-electron chi connectivity index (χ2n) is 5.74. The van der Waals surface area contributed by atoms with Gasteiger partial charge in [-0.05, 0) is 45.3 Å². The number of nitro groups is 1.